The molecule has 3 nitrogen and oxygen atoms in total. The quantitative estimate of drug-likeness (QED) is 0.491. The Labute approximate surface area is 141 Å². The van der Waals surface area contributed by atoms with Crippen molar-refractivity contribution in [2.45, 2.75) is 83.3 Å². The van der Waals surface area contributed by atoms with E-state index in [9.17, 15) is 0 Å². The van der Waals surface area contributed by atoms with Gasteiger partial charge in [0.2, 0.25) is 0 Å². The fourth-order valence-electron chi connectivity index (χ4n) is 3.07. The molecule has 3 heteroatoms. The molecular weight excluding hydrogens is 286 g/mol. The summed E-state index contributed by atoms with van der Waals surface area (Å²) in [5.74, 6) is 0. The van der Waals surface area contributed by atoms with Crippen molar-refractivity contribution in [3.8, 4) is 0 Å². The van der Waals surface area contributed by atoms with E-state index in [0.717, 1.165) is 26.1 Å². The van der Waals surface area contributed by atoms with Crippen LogP contribution in [-0.4, -0.2) is 24.5 Å². The van der Waals surface area contributed by atoms with Gasteiger partial charge in [-0.1, -0.05) is 44.6 Å². The Hall–Kier alpha value is -0.930. The van der Waals surface area contributed by atoms with Crippen molar-refractivity contribution in [1.29, 1.82) is 0 Å². The third-order valence-corrected chi connectivity index (χ3v) is 4.50. The summed E-state index contributed by atoms with van der Waals surface area (Å²) in [4.78, 5) is 4.37. The van der Waals surface area contributed by atoms with Gasteiger partial charge in [-0.3, -0.25) is 4.98 Å². The van der Waals surface area contributed by atoms with E-state index in [4.69, 9.17) is 9.47 Å². The first-order valence-corrected chi connectivity index (χ1v) is 9.58. The lowest BCUT2D eigenvalue weighted by molar-refractivity contribution is -0.162. The summed E-state index contributed by atoms with van der Waals surface area (Å²) in [6.07, 6.45) is 17.1. The molecule has 130 valence electrons. The molecule has 2 rings (SSSR count). The van der Waals surface area contributed by atoms with Gasteiger partial charge in [0, 0.05) is 25.1 Å². The number of hydrogen-bond acceptors (Lipinski definition) is 3. The third kappa shape index (κ3) is 9.07. The third-order valence-electron chi connectivity index (χ3n) is 4.50. The van der Waals surface area contributed by atoms with Crippen LogP contribution in [-0.2, 0) is 15.9 Å². The molecule has 2 heterocycles. The zero-order valence-corrected chi connectivity index (χ0v) is 14.5. The standard InChI is InChI=1S/C20H33NO2/c1(3-5-7-13-19-14-8-10-16-21-19)2-4-6-11-17-22-20-15-9-12-18-23-20/h8,10,14,16,20H,1-7,9,11-13,15,17-18H2. The van der Waals surface area contributed by atoms with Gasteiger partial charge in [0.1, 0.15) is 0 Å². The van der Waals surface area contributed by atoms with Crippen molar-refractivity contribution in [2.24, 2.45) is 0 Å². The van der Waals surface area contributed by atoms with Crippen LogP contribution < -0.4 is 0 Å². The molecule has 0 bridgehead atoms. The van der Waals surface area contributed by atoms with Crippen molar-refractivity contribution in [2.75, 3.05) is 13.2 Å². The Balaban J connectivity index is 1.30. The van der Waals surface area contributed by atoms with E-state index in [1.807, 2.05) is 12.3 Å². The van der Waals surface area contributed by atoms with Crippen molar-refractivity contribution < 1.29 is 9.47 Å². The molecule has 0 N–H and O–H groups in total. The van der Waals surface area contributed by atoms with E-state index < -0.39 is 0 Å². The Morgan fingerprint density at radius 2 is 1.74 bits per heavy atom. The first-order chi connectivity index (χ1) is 11.4. The predicted octanol–water partition coefficient (Wildman–Crippen LogP) is 5.29. The van der Waals surface area contributed by atoms with Crippen LogP contribution in [0.3, 0.4) is 0 Å². The van der Waals surface area contributed by atoms with Gasteiger partial charge in [0.25, 0.3) is 0 Å². The number of rotatable bonds is 12. The number of ether oxygens (including phenoxy) is 2. The summed E-state index contributed by atoms with van der Waals surface area (Å²) in [5.41, 5.74) is 1.23. The smallest absolute Gasteiger partial charge is 0.157 e. The molecule has 1 fully saturated rings. The van der Waals surface area contributed by atoms with Crippen LogP contribution >= 0.6 is 0 Å². The number of hydrogen-bond donors (Lipinski definition) is 0. The molecule has 0 amide bonds. The predicted molar refractivity (Wildman–Crippen MR) is 94.4 cm³/mol. The highest BCUT2D eigenvalue weighted by molar-refractivity contribution is 5.03. The van der Waals surface area contributed by atoms with Crippen LogP contribution in [0.4, 0.5) is 0 Å². The van der Waals surface area contributed by atoms with E-state index in [1.165, 1.54) is 69.9 Å². The number of unbranched alkanes of at least 4 members (excludes halogenated alkanes) is 7. The minimum atomic E-state index is 0.0860. The van der Waals surface area contributed by atoms with Crippen LogP contribution in [0.5, 0.6) is 0 Å². The Morgan fingerprint density at radius 1 is 0.957 bits per heavy atom. The maximum absolute atomic E-state index is 5.76. The number of pyridine rings is 1. The zero-order valence-electron chi connectivity index (χ0n) is 14.5. The van der Waals surface area contributed by atoms with Gasteiger partial charge in [0.05, 0.1) is 0 Å². The summed E-state index contributed by atoms with van der Waals surface area (Å²) in [6.45, 7) is 1.75. The van der Waals surface area contributed by atoms with Gasteiger partial charge < -0.3 is 9.47 Å². The summed E-state index contributed by atoms with van der Waals surface area (Å²) in [5, 5.41) is 0. The van der Waals surface area contributed by atoms with Gasteiger partial charge in [-0.05, 0) is 50.7 Å². The van der Waals surface area contributed by atoms with Gasteiger partial charge in [-0.15, -0.1) is 0 Å². The number of aromatic nitrogens is 1. The number of nitrogens with zero attached hydrogens (tertiary/aromatic N) is 1. The highest BCUT2D eigenvalue weighted by Gasteiger charge is 2.13. The van der Waals surface area contributed by atoms with Crippen molar-refractivity contribution in [3.63, 3.8) is 0 Å². The van der Waals surface area contributed by atoms with E-state index in [0.29, 0.717) is 0 Å². The number of aryl methyl sites for hydroxylation is 1. The zero-order chi connectivity index (χ0) is 16.0. The fraction of sp³-hybridized carbons (Fsp3) is 0.750. The topological polar surface area (TPSA) is 31.4 Å². The molecule has 1 unspecified atom stereocenters. The second kappa shape index (κ2) is 12.5. The van der Waals surface area contributed by atoms with Gasteiger partial charge in [-0.25, -0.2) is 0 Å². The summed E-state index contributed by atoms with van der Waals surface area (Å²) in [6, 6.07) is 6.18. The maximum Gasteiger partial charge on any atom is 0.157 e. The Morgan fingerprint density at radius 3 is 2.43 bits per heavy atom. The van der Waals surface area contributed by atoms with Gasteiger partial charge in [0.15, 0.2) is 6.29 Å². The molecular formula is C20H33NO2. The van der Waals surface area contributed by atoms with Crippen LogP contribution in [0.2, 0.25) is 0 Å². The Kier molecular flexibility index (Phi) is 10.00. The average molecular weight is 319 g/mol. The van der Waals surface area contributed by atoms with Crippen LogP contribution in [0.15, 0.2) is 24.4 Å². The molecule has 1 aromatic heterocycles. The second-order valence-corrected chi connectivity index (χ2v) is 6.57. The second-order valence-electron chi connectivity index (χ2n) is 6.57. The molecule has 1 aliphatic heterocycles. The lowest BCUT2D eigenvalue weighted by Gasteiger charge is -2.22. The molecule has 0 aromatic carbocycles. The average Bonchev–Trinajstić information content (AvgIpc) is 2.61. The molecule has 1 saturated heterocycles. The molecule has 1 atom stereocenters. The SMILES string of the molecule is c1ccc(CCCCCCCCCCOC2CCCCO2)nc1. The lowest BCUT2D eigenvalue weighted by Crippen LogP contribution is -2.22. The van der Waals surface area contributed by atoms with Crippen molar-refractivity contribution in [3.05, 3.63) is 30.1 Å². The summed E-state index contributed by atoms with van der Waals surface area (Å²) < 4.78 is 11.3. The first kappa shape index (κ1) is 18.4. The van der Waals surface area contributed by atoms with E-state index >= 15 is 0 Å². The van der Waals surface area contributed by atoms with Crippen molar-refractivity contribution >= 4 is 0 Å². The lowest BCUT2D eigenvalue weighted by atomic mass is 10.1. The first-order valence-electron chi connectivity index (χ1n) is 9.58. The summed E-state index contributed by atoms with van der Waals surface area (Å²) >= 11 is 0. The highest BCUT2D eigenvalue weighted by atomic mass is 16.7. The minimum Gasteiger partial charge on any atom is -0.353 e. The molecule has 1 aliphatic rings. The maximum atomic E-state index is 5.76. The largest absolute Gasteiger partial charge is 0.353 e. The van der Waals surface area contributed by atoms with E-state index in [-0.39, 0.29) is 6.29 Å². The molecule has 0 spiro atoms. The van der Waals surface area contributed by atoms with Gasteiger partial charge in [-0.2, -0.15) is 0 Å². The van der Waals surface area contributed by atoms with Crippen LogP contribution in [0.1, 0.15) is 76.3 Å². The van der Waals surface area contributed by atoms with E-state index in [1.54, 1.807) is 0 Å². The van der Waals surface area contributed by atoms with Gasteiger partial charge >= 0.3 is 0 Å². The molecule has 0 radical (unpaired) electrons. The molecule has 1 aromatic rings. The molecule has 0 saturated carbocycles. The summed E-state index contributed by atoms with van der Waals surface area (Å²) in [7, 11) is 0. The Bertz CT molecular complexity index is 376. The minimum absolute atomic E-state index is 0.0860. The molecule has 0 aliphatic carbocycles. The molecule has 23 heavy (non-hydrogen) atoms. The highest BCUT2D eigenvalue weighted by Crippen LogP contribution is 2.15. The normalized spacial score (nSPS) is 18.2. The van der Waals surface area contributed by atoms with Crippen molar-refractivity contribution in [1.82, 2.24) is 4.98 Å². The van der Waals surface area contributed by atoms with E-state index in [2.05, 4.69) is 17.1 Å². The monoisotopic (exact) mass is 319 g/mol. The fourth-order valence-corrected chi connectivity index (χ4v) is 3.07. The van der Waals surface area contributed by atoms with Crippen LogP contribution in [0.25, 0.3) is 0 Å². The van der Waals surface area contributed by atoms with Crippen LogP contribution in [0, 0.1) is 0 Å².